The van der Waals surface area contributed by atoms with Crippen molar-refractivity contribution in [3.8, 4) is 0 Å². The number of urea groups is 1. The van der Waals surface area contributed by atoms with Crippen LogP contribution in [0.15, 0.2) is 24.3 Å². The predicted octanol–water partition coefficient (Wildman–Crippen LogP) is -0.543. The molecule has 1 aromatic carbocycles. The second kappa shape index (κ2) is 6.31. The molecule has 0 bridgehead atoms. The van der Waals surface area contributed by atoms with E-state index in [1.165, 1.54) is 6.92 Å². The van der Waals surface area contributed by atoms with Gasteiger partial charge in [-0.15, -0.1) is 0 Å². The third-order valence-corrected chi connectivity index (χ3v) is 4.18. The molecule has 1 aliphatic carbocycles. The summed E-state index contributed by atoms with van der Waals surface area (Å²) in [5, 5.41) is 8.04. The largest absolute Gasteiger partial charge is 0.351 e. The maximum Gasteiger partial charge on any atom is 0.325 e. The highest BCUT2D eigenvalue weighted by Gasteiger charge is 2.36. The summed E-state index contributed by atoms with van der Waals surface area (Å²) in [6.45, 7) is 0.998. The number of fused-ring (bicyclic) bond motifs is 1. The van der Waals surface area contributed by atoms with E-state index in [2.05, 4.69) is 16.0 Å². The van der Waals surface area contributed by atoms with Gasteiger partial charge in [-0.05, 0) is 17.5 Å². The number of carbonyl (C=O) groups excluding carboxylic acids is 4. The number of benzene rings is 1. The fourth-order valence-electron chi connectivity index (χ4n) is 3.15. The molecule has 0 aromatic heterocycles. The Morgan fingerprint density at radius 1 is 1.25 bits per heavy atom. The van der Waals surface area contributed by atoms with E-state index in [9.17, 15) is 19.2 Å². The minimum atomic E-state index is -0.569. The van der Waals surface area contributed by atoms with Crippen LogP contribution in [0, 0.1) is 0 Å². The van der Waals surface area contributed by atoms with Crippen LogP contribution in [0.5, 0.6) is 0 Å². The number of nitrogens with one attached hydrogen (secondary N) is 3. The second-order valence-corrected chi connectivity index (χ2v) is 5.89. The maximum absolute atomic E-state index is 12.3. The lowest BCUT2D eigenvalue weighted by Gasteiger charge is -2.23. The van der Waals surface area contributed by atoms with Crippen molar-refractivity contribution in [2.75, 3.05) is 13.1 Å². The zero-order valence-corrected chi connectivity index (χ0v) is 13.2. The Kier molecular flexibility index (Phi) is 4.20. The fourth-order valence-corrected chi connectivity index (χ4v) is 3.15. The summed E-state index contributed by atoms with van der Waals surface area (Å²) in [5.74, 6) is -1.06. The van der Waals surface area contributed by atoms with E-state index in [4.69, 9.17) is 0 Å². The lowest BCUT2D eigenvalue weighted by atomic mass is 10.1. The van der Waals surface area contributed by atoms with Crippen LogP contribution < -0.4 is 16.0 Å². The fraction of sp³-hybridized carbons (Fsp3) is 0.375. The molecule has 24 heavy (non-hydrogen) atoms. The van der Waals surface area contributed by atoms with Gasteiger partial charge < -0.3 is 16.0 Å². The molecule has 8 heteroatoms. The molecule has 1 heterocycles. The first kappa shape index (κ1) is 16.0. The van der Waals surface area contributed by atoms with Gasteiger partial charge in [-0.3, -0.25) is 19.3 Å². The first-order valence-corrected chi connectivity index (χ1v) is 7.68. The van der Waals surface area contributed by atoms with Gasteiger partial charge in [0.05, 0.1) is 18.6 Å². The zero-order valence-electron chi connectivity index (χ0n) is 13.2. The number of imide groups is 1. The van der Waals surface area contributed by atoms with Gasteiger partial charge in [0.2, 0.25) is 11.8 Å². The summed E-state index contributed by atoms with van der Waals surface area (Å²) in [4.78, 5) is 47.7. The molecule has 1 aliphatic heterocycles. The van der Waals surface area contributed by atoms with Crippen LogP contribution in [0.1, 0.15) is 24.1 Å². The minimum absolute atomic E-state index is 0.0904. The van der Waals surface area contributed by atoms with E-state index in [1.54, 1.807) is 0 Å². The molecule has 1 saturated heterocycles. The average Bonchev–Trinajstić information content (AvgIpc) is 3.02. The highest BCUT2D eigenvalue weighted by Crippen LogP contribution is 2.31. The molecule has 0 saturated carbocycles. The number of rotatable bonds is 4. The summed E-state index contributed by atoms with van der Waals surface area (Å²) < 4.78 is 0. The van der Waals surface area contributed by atoms with Gasteiger partial charge in [-0.2, -0.15) is 0 Å². The van der Waals surface area contributed by atoms with Crippen molar-refractivity contribution in [3.05, 3.63) is 35.4 Å². The first-order chi connectivity index (χ1) is 11.5. The van der Waals surface area contributed by atoms with Crippen molar-refractivity contribution in [2.24, 2.45) is 0 Å². The van der Waals surface area contributed by atoms with Gasteiger partial charge in [0, 0.05) is 6.92 Å². The SMILES string of the molecule is CC(=O)N[C@@H]1Cc2ccccc2[C@H]1NC(=O)CN1C(=O)CNC1=O. The van der Waals surface area contributed by atoms with Gasteiger partial charge in [0.1, 0.15) is 6.54 Å². The van der Waals surface area contributed by atoms with Crippen LogP contribution in [0.4, 0.5) is 4.79 Å². The smallest absolute Gasteiger partial charge is 0.325 e. The van der Waals surface area contributed by atoms with E-state index in [0.717, 1.165) is 16.0 Å². The van der Waals surface area contributed by atoms with Gasteiger partial charge in [-0.1, -0.05) is 24.3 Å². The summed E-state index contributed by atoms with van der Waals surface area (Å²) in [6, 6.07) is 6.40. The first-order valence-electron chi connectivity index (χ1n) is 7.68. The monoisotopic (exact) mass is 330 g/mol. The van der Waals surface area contributed by atoms with Crippen LogP contribution in [-0.2, 0) is 20.8 Å². The summed E-state index contributed by atoms with van der Waals surface area (Å²) in [6.07, 6.45) is 0.615. The van der Waals surface area contributed by atoms with Crippen LogP contribution in [-0.4, -0.2) is 47.8 Å². The van der Waals surface area contributed by atoms with Gasteiger partial charge in [0.25, 0.3) is 5.91 Å². The van der Waals surface area contributed by atoms with Crippen LogP contribution in [0.3, 0.4) is 0 Å². The highest BCUT2D eigenvalue weighted by atomic mass is 16.2. The molecule has 0 radical (unpaired) electrons. The standard InChI is InChI=1S/C16H18N4O4/c1-9(21)18-12-6-10-4-2-3-5-11(10)15(12)19-13(22)8-20-14(23)7-17-16(20)24/h2-5,12,15H,6-8H2,1H3,(H,17,24)(H,18,21)(H,19,22)/t12-,15-/m1/s1. The van der Waals surface area contributed by atoms with E-state index in [1.807, 2.05) is 24.3 Å². The van der Waals surface area contributed by atoms with E-state index >= 15 is 0 Å². The van der Waals surface area contributed by atoms with Crippen molar-refractivity contribution in [3.63, 3.8) is 0 Å². The molecule has 2 aliphatic rings. The van der Waals surface area contributed by atoms with E-state index in [-0.39, 0.29) is 25.0 Å². The number of nitrogens with zero attached hydrogens (tertiary/aromatic N) is 1. The summed E-state index contributed by atoms with van der Waals surface area (Å²) in [7, 11) is 0. The molecule has 5 amide bonds. The van der Waals surface area contributed by atoms with Crippen molar-refractivity contribution in [2.45, 2.75) is 25.4 Å². The Balaban J connectivity index is 1.73. The third-order valence-electron chi connectivity index (χ3n) is 4.18. The Hall–Kier alpha value is -2.90. The quantitative estimate of drug-likeness (QED) is 0.644. The predicted molar refractivity (Wildman–Crippen MR) is 83.7 cm³/mol. The van der Waals surface area contributed by atoms with Gasteiger partial charge in [0.15, 0.2) is 0 Å². The molecule has 8 nitrogen and oxygen atoms in total. The minimum Gasteiger partial charge on any atom is -0.351 e. The van der Waals surface area contributed by atoms with E-state index < -0.39 is 23.9 Å². The molecule has 3 rings (SSSR count). The van der Waals surface area contributed by atoms with E-state index in [0.29, 0.717) is 6.42 Å². The Bertz CT molecular complexity index is 702. The molecule has 2 atom stereocenters. The average molecular weight is 330 g/mol. The molecular weight excluding hydrogens is 312 g/mol. The van der Waals surface area contributed by atoms with Gasteiger partial charge >= 0.3 is 6.03 Å². The number of amides is 5. The number of hydrogen-bond donors (Lipinski definition) is 3. The number of hydrogen-bond acceptors (Lipinski definition) is 4. The number of carbonyl (C=O) groups is 4. The van der Waals surface area contributed by atoms with Crippen molar-refractivity contribution in [1.29, 1.82) is 0 Å². The molecule has 0 unspecified atom stereocenters. The van der Waals surface area contributed by atoms with Crippen LogP contribution >= 0.6 is 0 Å². The molecular formula is C16H18N4O4. The summed E-state index contributed by atoms with van der Waals surface area (Å²) >= 11 is 0. The zero-order chi connectivity index (χ0) is 17.3. The normalized spacial score (nSPS) is 22.1. The Morgan fingerprint density at radius 3 is 2.67 bits per heavy atom. The highest BCUT2D eigenvalue weighted by molar-refractivity contribution is 6.04. The molecule has 1 fully saturated rings. The molecule has 3 N–H and O–H groups in total. The van der Waals surface area contributed by atoms with Crippen LogP contribution in [0.2, 0.25) is 0 Å². The topological polar surface area (TPSA) is 108 Å². The third kappa shape index (κ3) is 3.08. The molecule has 126 valence electrons. The van der Waals surface area contributed by atoms with Gasteiger partial charge in [-0.25, -0.2) is 4.79 Å². The lowest BCUT2D eigenvalue weighted by Crippen LogP contribution is -2.47. The summed E-state index contributed by atoms with van der Waals surface area (Å²) in [5.41, 5.74) is 1.98. The van der Waals surface area contributed by atoms with Crippen LogP contribution in [0.25, 0.3) is 0 Å². The second-order valence-electron chi connectivity index (χ2n) is 5.89. The maximum atomic E-state index is 12.3. The molecule has 1 aromatic rings. The Labute approximate surface area is 138 Å². The van der Waals surface area contributed by atoms with Crippen molar-refractivity contribution in [1.82, 2.24) is 20.9 Å². The molecule has 0 spiro atoms. The Morgan fingerprint density at radius 2 is 2.00 bits per heavy atom. The van der Waals surface area contributed by atoms with Crippen molar-refractivity contribution >= 4 is 23.8 Å². The lowest BCUT2D eigenvalue weighted by molar-refractivity contribution is -0.131. The van der Waals surface area contributed by atoms with Crippen molar-refractivity contribution < 1.29 is 19.2 Å².